The molecule has 1 saturated carbocycles. The minimum absolute atomic E-state index is 0.364. The van der Waals surface area contributed by atoms with E-state index in [4.69, 9.17) is 5.73 Å². The number of nitrogens with two attached hydrogens (primary N) is 1. The van der Waals surface area contributed by atoms with Crippen LogP contribution in [0.2, 0.25) is 0 Å². The second-order valence-corrected chi connectivity index (χ2v) is 5.85. The molecule has 1 heterocycles. The maximum atomic E-state index is 6.42. The first-order valence-corrected chi connectivity index (χ1v) is 6.93. The average molecular weight is 223 g/mol. The lowest BCUT2D eigenvalue weighted by atomic mass is 9.75. The van der Waals surface area contributed by atoms with Gasteiger partial charge in [-0.3, -0.25) is 0 Å². The minimum atomic E-state index is 0.364. The van der Waals surface area contributed by atoms with Crippen molar-refractivity contribution in [3.8, 4) is 0 Å². The van der Waals surface area contributed by atoms with E-state index >= 15 is 0 Å². The molecule has 1 fully saturated rings. The summed E-state index contributed by atoms with van der Waals surface area (Å²) >= 11 is 1.84. The van der Waals surface area contributed by atoms with Crippen LogP contribution in [0.4, 0.5) is 0 Å². The second-order valence-electron chi connectivity index (χ2n) is 4.81. The molecule has 1 aromatic heterocycles. The molecule has 1 aliphatic rings. The Morgan fingerprint density at radius 2 is 2.20 bits per heavy atom. The van der Waals surface area contributed by atoms with Crippen LogP contribution in [0.3, 0.4) is 0 Å². The van der Waals surface area contributed by atoms with Crippen LogP contribution < -0.4 is 5.73 Å². The normalized spacial score (nSPS) is 21.7. The van der Waals surface area contributed by atoms with E-state index in [1.165, 1.54) is 37.0 Å². The summed E-state index contributed by atoms with van der Waals surface area (Å²) < 4.78 is 0. The summed E-state index contributed by atoms with van der Waals surface area (Å²) in [6, 6.07) is 4.70. The molecule has 1 nitrogen and oxygen atoms in total. The van der Waals surface area contributed by atoms with Gasteiger partial charge >= 0.3 is 0 Å². The van der Waals surface area contributed by atoms with Gasteiger partial charge in [0.2, 0.25) is 0 Å². The Labute approximate surface area is 96.7 Å². The van der Waals surface area contributed by atoms with Crippen LogP contribution in [0, 0.1) is 5.41 Å². The number of hydrogen-bond donors (Lipinski definition) is 1. The van der Waals surface area contributed by atoms with Gasteiger partial charge in [-0.25, -0.2) is 0 Å². The van der Waals surface area contributed by atoms with Crippen molar-refractivity contribution in [3.63, 3.8) is 0 Å². The summed E-state index contributed by atoms with van der Waals surface area (Å²) in [6.45, 7) is 2.31. The molecule has 0 saturated heterocycles. The molecule has 0 amide bonds. The first-order chi connectivity index (χ1) is 7.27. The summed E-state index contributed by atoms with van der Waals surface area (Å²) in [5, 5.41) is 2.15. The Balaban J connectivity index is 2.02. The molecule has 2 heteroatoms. The van der Waals surface area contributed by atoms with Crippen LogP contribution in [-0.2, 0) is 6.42 Å². The maximum Gasteiger partial charge on any atom is 0.0144 e. The van der Waals surface area contributed by atoms with Gasteiger partial charge in [0, 0.05) is 10.9 Å². The lowest BCUT2D eigenvalue weighted by molar-refractivity contribution is 0.219. The van der Waals surface area contributed by atoms with Crippen molar-refractivity contribution >= 4 is 11.3 Å². The molecule has 84 valence electrons. The van der Waals surface area contributed by atoms with Crippen molar-refractivity contribution in [2.24, 2.45) is 11.1 Å². The van der Waals surface area contributed by atoms with E-state index in [0.717, 1.165) is 6.42 Å². The third-order valence-electron chi connectivity index (χ3n) is 4.09. The highest BCUT2D eigenvalue weighted by molar-refractivity contribution is 7.09. The molecular weight excluding hydrogens is 202 g/mol. The molecule has 0 spiro atoms. The fourth-order valence-electron chi connectivity index (χ4n) is 2.93. The molecule has 1 aliphatic carbocycles. The van der Waals surface area contributed by atoms with E-state index < -0.39 is 0 Å². The Kier molecular flexibility index (Phi) is 3.47. The molecule has 0 aliphatic heterocycles. The van der Waals surface area contributed by atoms with Gasteiger partial charge in [0.25, 0.3) is 0 Å². The lowest BCUT2D eigenvalue weighted by Gasteiger charge is -2.34. The summed E-state index contributed by atoms with van der Waals surface area (Å²) in [5.41, 5.74) is 6.87. The molecule has 1 atom stereocenters. The molecule has 2 rings (SSSR count). The number of thiophene rings is 1. The fourth-order valence-corrected chi connectivity index (χ4v) is 3.69. The molecule has 0 bridgehead atoms. The zero-order valence-corrected chi connectivity index (χ0v) is 10.4. The molecule has 1 unspecified atom stereocenters. The van der Waals surface area contributed by atoms with Gasteiger partial charge in [0.1, 0.15) is 0 Å². The average Bonchev–Trinajstić information content (AvgIpc) is 2.87. The first kappa shape index (κ1) is 11.2. The largest absolute Gasteiger partial charge is 0.327 e. The predicted octanol–water partition coefficient (Wildman–Crippen LogP) is 3.59. The van der Waals surface area contributed by atoms with Crippen molar-refractivity contribution in [3.05, 3.63) is 22.4 Å². The molecular formula is C13H21NS. The summed E-state index contributed by atoms with van der Waals surface area (Å²) in [7, 11) is 0. The first-order valence-electron chi connectivity index (χ1n) is 6.05. The minimum Gasteiger partial charge on any atom is -0.327 e. The third-order valence-corrected chi connectivity index (χ3v) is 4.99. The number of hydrogen-bond acceptors (Lipinski definition) is 2. The lowest BCUT2D eigenvalue weighted by Crippen LogP contribution is -2.40. The van der Waals surface area contributed by atoms with Crippen LogP contribution in [0.15, 0.2) is 17.5 Å². The van der Waals surface area contributed by atoms with Crippen LogP contribution in [0.5, 0.6) is 0 Å². The van der Waals surface area contributed by atoms with Gasteiger partial charge in [-0.1, -0.05) is 25.8 Å². The van der Waals surface area contributed by atoms with Gasteiger partial charge in [-0.2, -0.15) is 0 Å². The molecule has 0 radical (unpaired) electrons. The predicted molar refractivity (Wildman–Crippen MR) is 67.2 cm³/mol. The fraction of sp³-hybridized carbons (Fsp3) is 0.692. The molecule has 1 aromatic rings. The van der Waals surface area contributed by atoms with Gasteiger partial charge in [0.15, 0.2) is 0 Å². The van der Waals surface area contributed by atoms with Crippen LogP contribution in [-0.4, -0.2) is 6.04 Å². The Bertz CT molecular complexity index is 285. The zero-order valence-electron chi connectivity index (χ0n) is 9.54. The van der Waals surface area contributed by atoms with Gasteiger partial charge in [-0.15, -0.1) is 11.3 Å². The van der Waals surface area contributed by atoms with E-state index in [9.17, 15) is 0 Å². The number of rotatable bonds is 4. The maximum absolute atomic E-state index is 6.42. The molecule has 2 N–H and O–H groups in total. The van der Waals surface area contributed by atoms with Gasteiger partial charge in [-0.05, 0) is 42.5 Å². The SMILES string of the molecule is CCC1(C(N)Cc2cccs2)CCCC1. The molecule has 0 aromatic carbocycles. The summed E-state index contributed by atoms with van der Waals surface area (Å²) in [4.78, 5) is 1.45. The summed E-state index contributed by atoms with van der Waals surface area (Å²) in [6.07, 6.45) is 7.77. The van der Waals surface area contributed by atoms with E-state index in [0.29, 0.717) is 11.5 Å². The summed E-state index contributed by atoms with van der Waals surface area (Å²) in [5.74, 6) is 0. The smallest absolute Gasteiger partial charge is 0.0144 e. The molecule has 15 heavy (non-hydrogen) atoms. The highest BCUT2D eigenvalue weighted by atomic mass is 32.1. The third kappa shape index (κ3) is 2.26. The monoisotopic (exact) mass is 223 g/mol. The van der Waals surface area contributed by atoms with E-state index in [1.54, 1.807) is 0 Å². The van der Waals surface area contributed by atoms with E-state index in [-0.39, 0.29) is 0 Å². The van der Waals surface area contributed by atoms with Crippen LogP contribution in [0.25, 0.3) is 0 Å². The topological polar surface area (TPSA) is 26.0 Å². The van der Waals surface area contributed by atoms with E-state index in [2.05, 4.69) is 24.4 Å². The van der Waals surface area contributed by atoms with Crippen LogP contribution >= 0.6 is 11.3 Å². The standard InChI is InChI=1S/C13H21NS/c1-2-13(7-3-4-8-13)12(14)10-11-6-5-9-15-11/h5-6,9,12H,2-4,7-8,10,14H2,1H3. The Morgan fingerprint density at radius 3 is 2.73 bits per heavy atom. The van der Waals surface area contributed by atoms with Gasteiger partial charge < -0.3 is 5.73 Å². The van der Waals surface area contributed by atoms with Crippen LogP contribution in [0.1, 0.15) is 43.9 Å². The quantitative estimate of drug-likeness (QED) is 0.829. The van der Waals surface area contributed by atoms with E-state index in [1.807, 2.05) is 11.3 Å². The highest BCUT2D eigenvalue weighted by Crippen LogP contribution is 2.44. The second kappa shape index (κ2) is 4.67. The van der Waals surface area contributed by atoms with Crippen molar-refractivity contribution in [1.82, 2.24) is 0 Å². The van der Waals surface area contributed by atoms with Crippen molar-refractivity contribution in [1.29, 1.82) is 0 Å². The van der Waals surface area contributed by atoms with Crippen molar-refractivity contribution in [2.75, 3.05) is 0 Å². The Morgan fingerprint density at radius 1 is 1.47 bits per heavy atom. The Hall–Kier alpha value is -0.340. The van der Waals surface area contributed by atoms with Crippen molar-refractivity contribution < 1.29 is 0 Å². The van der Waals surface area contributed by atoms with Gasteiger partial charge in [0.05, 0.1) is 0 Å². The zero-order chi connectivity index (χ0) is 10.7. The highest BCUT2D eigenvalue weighted by Gasteiger charge is 2.37. The van der Waals surface area contributed by atoms with Crippen molar-refractivity contribution in [2.45, 2.75) is 51.5 Å².